The molecule has 0 saturated carbocycles. The Labute approximate surface area is 117 Å². The number of hydrogen-bond donors (Lipinski definition) is 1. The van der Waals surface area contributed by atoms with Crippen molar-refractivity contribution in [1.29, 1.82) is 0 Å². The number of fused-ring (bicyclic) bond motifs is 2. The minimum atomic E-state index is -1.33. The summed E-state index contributed by atoms with van der Waals surface area (Å²) in [6.07, 6.45) is 0.148. The number of methoxy groups -OCH3 is 1. The highest BCUT2D eigenvalue weighted by Gasteiger charge is 2.36. The topological polar surface area (TPSA) is 65.0 Å². The van der Waals surface area contributed by atoms with E-state index >= 15 is 0 Å². The molecule has 0 aliphatic carbocycles. The van der Waals surface area contributed by atoms with Crippen LogP contribution in [0.15, 0.2) is 6.07 Å². The van der Waals surface area contributed by atoms with Crippen LogP contribution in [0.4, 0.5) is 0 Å². The van der Waals surface area contributed by atoms with Crippen molar-refractivity contribution in [3.05, 3.63) is 22.8 Å². The zero-order valence-electron chi connectivity index (χ0n) is 11.8. The van der Waals surface area contributed by atoms with Crippen molar-refractivity contribution < 1.29 is 24.1 Å². The standard InChI is InChI=1S/C15H18O5/c1-7-4-9-6-11-10(5-8(2)19-11)12(14(9)20-7)13(16)15(17)18-3/h6-8,13,16H,4-5H2,1-3H3. The predicted octanol–water partition coefficient (Wildman–Crippen LogP) is 1.54. The maximum Gasteiger partial charge on any atom is 0.339 e. The second-order valence-corrected chi connectivity index (χ2v) is 5.45. The monoisotopic (exact) mass is 278 g/mol. The molecule has 0 amide bonds. The first-order valence-corrected chi connectivity index (χ1v) is 6.79. The van der Waals surface area contributed by atoms with E-state index in [0.29, 0.717) is 17.7 Å². The Kier molecular flexibility index (Phi) is 3.09. The minimum Gasteiger partial charge on any atom is -0.490 e. The Morgan fingerprint density at radius 2 is 2.05 bits per heavy atom. The Balaban J connectivity index is 2.14. The SMILES string of the molecule is COC(=O)C(O)c1c2c(cc3c1OC(C)C3)OC(C)C2. The summed E-state index contributed by atoms with van der Waals surface area (Å²) in [7, 11) is 1.26. The van der Waals surface area contributed by atoms with Gasteiger partial charge in [0.05, 0.1) is 7.11 Å². The van der Waals surface area contributed by atoms with Gasteiger partial charge in [-0.1, -0.05) is 0 Å². The Morgan fingerprint density at radius 1 is 1.35 bits per heavy atom. The molecule has 2 heterocycles. The van der Waals surface area contributed by atoms with Gasteiger partial charge in [-0.3, -0.25) is 0 Å². The molecule has 20 heavy (non-hydrogen) atoms. The maximum absolute atomic E-state index is 11.7. The maximum atomic E-state index is 11.7. The number of benzene rings is 1. The second kappa shape index (κ2) is 4.66. The van der Waals surface area contributed by atoms with E-state index in [4.69, 9.17) is 9.47 Å². The van der Waals surface area contributed by atoms with Gasteiger partial charge in [0.2, 0.25) is 0 Å². The van der Waals surface area contributed by atoms with E-state index in [1.165, 1.54) is 7.11 Å². The summed E-state index contributed by atoms with van der Waals surface area (Å²) in [5.41, 5.74) is 2.34. The van der Waals surface area contributed by atoms with Crippen LogP contribution in [0.5, 0.6) is 11.5 Å². The van der Waals surface area contributed by atoms with E-state index in [0.717, 1.165) is 23.3 Å². The number of carbonyl (C=O) groups is 1. The van der Waals surface area contributed by atoms with Crippen LogP contribution in [-0.4, -0.2) is 30.4 Å². The number of rotatable bonds is 2. The van der Waals surface area contributed by atoms with Gasteiger partial charge in [-0.15, -0.1) is 0 Å². The van der Waals surface area contributed by atoms with Crippen LogP contribution >= 0.6 is 0 Å². The van der Waals surface area contributed by atoms with Crippen LogP contribution in [0.2, 0.25) is 0 Å². The first-order chi connectivity index (χ1) is 9.51. The molecule has 1 N–H and O–H groups in total. The summed E-state index contributed by atoms with van der Waals surface area (Å²) < 4.78 is 16.2. The first-order valence-electron chi connectivity index (χ1n) is 6.79. The number of carbonyl (C=O) groups excluding carboxylic acids is 1. The normalized spacial score (nSPS) is 24.4. The summed E-state index contributed by atoms with van der Waals surface area (Å²) >= 11 is 0. The van der Waals surface area contributed by atoms with Gasteiger partial charge in [0.1, 0.15) is 23.7 Å². The summed E-state index contributed by atoms with van der Waals surface area (Å²) in [5, 5.41) is 10.3. The highest BCUT2D eigenvalue weighted by atomic mass is 16.5. The van der Waals surface area contributed by atoms with Gasteiger partial charge in [0.15, 0.2) is 6.10 Å². The van der Waals surface area contributed by atoms with Crippen molar-refractivity contribution in [2.75, 3.05) is 7.11 Å². The van der Waals surface area contributed by atoms with Crippen LogP contribution in [0.1, 0.15) is 36.6 Å². The first kappa shape index (κ1) is 13.2. The smallest absolute Gasteiger partial charge is 0.339 e. The largest absolute Gasteiger partial charge is 0.490 e. The molecular formula is C15H18O5. The molecule has 0 spiro atoms. The quantitative estimate of drug-likeness (QED) is 0.831. The number of ether oxygens (including phenoxy) is 3. The molecule has 5 nitrogen and oxygen atoms in total. The van der Waals surface area contributed by atoms with E-state index in [-0.39, 0.29) is 12.2 Å². The average molecular weight is 278 g/mol. The molecule has 0 aromatic heterocycles. The third-order valence-electron chi connectivity index (χ3n) is 3.81. The molecule has 0 bridgehead atoms. The molecule has 1 aromatic rings. The Morgan fingerprint density at radius 3 is 2.75 bits per heavy atom. The fourth-order valence-electron chi connectivity index (χ4n) is 2.98. The molecule has 2 aliphatic heterocycles. The lowest BCUT2D eigenvalue weighted by molar-refractivity contribution is -0.150. The summed E-state index contributed by atoms with van der Waals surface area (Å²) in [5.74, 6) is 0.682. The summed E-state index contributed by atoms with van der Waals surface area (Å²) in [6.45, 7) is 3.92. The zero-order chi connectivity index (χ0) is 14.4. The molecule has 108 valence electrons. The molecule has 2 aliphatic rings. The van der Waals surface area contributed by atoms with E-state index < -0.39 is 12.1 Å². The summed E-state index contributed by atoms with van der Waals surface area (Å²) in [4.78, 5) is 11.7. The molecule has 3 atom stereocenters. The third kappa shape index (κ3) is 1.93. The molecular weight excluding hydrogens is 260 g/mol. The fraction of sp³-hybridized carbons (Fsp3) is 0.533. The average Bonchev–Trinajstić information content (AvgIpc) is 2.94. The van der Waals surface area contributed by atoms with Crippen molar-refractivity contribution in [1.82, 2.24) is 0 Å². The van der Waals surface area contributed by atoms with Crippen LogP contribution in [0.25, 0.3) is 0 Å². The second-order valence-electron chi connectivity index (χ2n) is 5.45. The highest BCUT2D eigenvalue weighted by Crippen LogP contribution is 2.45. The fourth-order valence-corrected chi connectivity index (χ4v) is 2.98. The van der Waals surface area contributed by atoms with E-state index in [9.17, 15) is 9.90 Å². The van der Waals surface area contributed by atoms with Crippen molar-refractivity contribution >= 4 is 5.97 Å². The Hall–Kier alpha value is -1.75. The van der Waals surface area contributed by atoms with E-state index in [1.807, 2.05) is 19.9 Å². The lowest BCUT2D eigenvalue weighted by atomic mass is 9.94. The van der Waals surface area contributed by atoms with Gasteiger partial charge in [0, 0.05) is 29.5 Å². The van der Waals surface area contributed by atoms with Gasteiger partial charge in [0.25, 0.3) is 0 Å². The molecule has 0 saturated heterocycles. The number of aliphatic hydroxyl groups excluding tert-OH is 1. The van der Waals surface area contributed by atoms with Crippen LogP contribution in [0, 0.1) is 0 Å². The van der Waals surface area contributed by atoms with E-state index in [2.05, 4.69) is 4.74 Å². The van der Waals surface area contributed by atoms with Gasteiger partial charge in [-0.05, 0) is 19.9 Å². The molecule has 5 heteroatoms. The van der Waals surface area contributed by atoms with Crippen LogP contribution in [0.3, 0.4) is 0 Å². The molecule has 3 rings (SSSR count). The van der Waals surface area contributed by atoms with Crippen molar-refractivity contribution in [2.45, 2.75) is 45.0 Å². The van der Waals surface area contributed by atoms with Crippen LogP contribution < -0.4 is 9.47 Å². The van der Waals surface area contributed by atoms with E-state index in [1.54, 1.807) is 0 Å². The minimum absolute atomic E-state index is 0.0357. The molecule has 0 radical (unpaired) electrons. The van der Waals surface area contributed by atoms with Gasteiger partial charge in [-0.2, -0.15) is 0 Å². The molecule has 3 unspecified atom stereocenters. The van der Waals surface area contributed by atoms with Gasteiger partial charge >= 0.3 is 5.97 Å². The van der Waals surface area contributed by atoms with Crippen molar-refractivity contribution in [3.8, 4) is 11.5 Å². The molecule has 1 aromatic carbocycles. The predicted molar refractivity (Wildman–Crippen MR) is 71.0 cm³/mol. The van der Waals surface area contributed by atoms with Crippen LogP contribution in [-0.2, 0) is 22.4 Å². The lowest BCUT2D eigenvalue weighted by Gasteiger charge is -2.16. The number of esters is 1. The van der Waals surface area contributed by atoms with Crippen molar-refractivity contribution in [2.24, 2.45) is 0 Å². The zero-order valence-corrected chi connectivity index (χ0v) is 11.8. The lowest BCUT2D eigenvalue weighted by Crippen LogP contribution is -2.17. The number of aliphatic hydroxyl groups is 1. The van der Waals surface area contributed by atoms with Gasteiger partial charge < -0.3 is 19.3 Å². The highest BCUT2D eigenvalue weighted by molar-refractivity contribution is 5.79. The summed E-state index contributed by atoms with van der Waals surface area (Å²) in [6, 6.07) is 1.96. The van der Waals surface area contributed by atoms with Gasteiger partial charge in [-0.25, -0.2) is 4.79 Å². The number of hydrogen-bond acceptors (Lipinski definition) is 5. The van der Waals surface area contributed by atoms with Crippen molar-refractivity contribution in [3.63, 3.8) is 0 Å². The third-order valence-corrected chi connectivity index (χ3v) is 3.81. The Bertz CT molecular complexity index is 530. The molecule has 0 fully saturated rings.